The minimum absolute atomic E-state index is 0.0303. The molecule has 0 heterocycles. The number of carbonyl (C=O) groups excluding carboxylic acids is 2. The van der Waals surface area contributed by atoms with Gasteiger partial charge in [0.15, 0.2) is 6.10 Å². The number of carbonyl (C=O) groups is 2. The van der Waals surface area contributed by atoms with Gasteiger partial charge in [0, 0.05) is 12.8 Å². The minimum atomic E-state index is -4.63. The number of hydrogen-bond donors (Lipinski definition) is 0. The Morgan fingerprint density at radius 3 is 1.16 bits per heavy atom. The smallest absolute Gasteiger partial charge is 0.306 e. The van der Waals surface area contributed by atoms with Crippen molar-refractivity contribution in [2.45, 2.75) is 283 Å². The van der Waals surface area contributed by atoms with Crippen molar-refractivity contribution in [3.8, 4) is 0 Å². The molecule has 0 aromatic heterocycles. The standard InChI is InChI=1S/C59H112NO8P/c1-6-8-10-12-14-16-18-20-22-24-26-27-28-29-30-31-32-33-34-36-38-40-42-44-46-48-50-52-59(62)68-57(56-67-69(63,64)66-54-53-60(3,4)5)55-65-58(61)51-49-47-45-43-41-39-37-35-25-23-21-19-17-15-13-11-9-7-2/h18,20,23-26,57H,6-17,19,21-22,27-56H2,1-5H3/b20-18-,25-23-,26-24-. The first-order valence-electron chi connectivity index (χ1n) is 29.2. The highest BCUT2D eigenvalue weighted by Gasteiger charge is 2.22. The molecule has 2 atom stereocenters. The molecular formula is C59H112NO8P. The molecule has 0 aromatic rings. The van der Waals surface area contributed by atoms with Crippen LogP contribution in [0.15, 0.2) is 36.5 Å². The monoisotopic (exact) mass is 994 g/mol. The molecule has 0 rings (SSSR count). The summed E-state index contributed by atoms with van der Waals surface area (Å²) in [7, 11) is 1.17. The van der Waals surface area contributed by atoms with Crippen molar-refractivity contribution in [3.05, 3.63) is 36.5 Å². The Morgan fingerprint density at radius 1 is 0.449 bits per heavy atom. The number of likely N-dealkylation sites (N-methyl/N-ethyl adjacent to an activating group) is 1. The lowest BCUT2D eigenvalue weighted by Crippen LogP contribution is -2.37. The van der Waals surface area contributed by atoms with Crippen LogP contribution < -0.4 is 4.89 Å². The third-order valence-corrected chi connectivity index (χ3v) is 13.8. The van der Waals surface area contributed by atoms with Crippen molar-refractivity contribution in [1.29, 1.82) is 0 Å². The lowest BCUT2D eigenvalue weighted by Gasteiger charge is -2.28. The van der Waals surface area contributed by atoms with Gasteiger partial charge in [-0.1, -0.05) is 230 Å². The van der Waals surface area contributed by atoms with Gasteiger partial charge in [-0.2, -0.15) is 0 Å². The number of nitrogens with zero attached hydrogens (tertiary/aromatic N) is 1. The van der Waals surface area contributed by atoms with E-state index in [1.165, 1.54) is 186 Å². The van der Waals surface area contributed by atoms with E-state index in [2.05, 4.69) is 50.3 Å². The summed E-state index contributed by atoms with van der Waals surface area (Å²) in [4.78, 5) is 37.8. The van der Waals surface area contributed by atoms with Crippen LogP contribution in [0.2, 0.25) is 0 Å². The normalized spacial score (nSPS) is 13.5. The molecule has 0 saturated heterocycles. The Labute approximate surface area is 427 Å². The molecule has 0 radical (unpaired) electrons. The molecule has 0 aliphatic heterocycles. The van der Waals surface area contributed by atoms with E-state index in [-0.39, 0.29) is 32.0 Å². The molecule has 0 aliphatic carbocycles. The van der Waals surface area contributed by atoms with Gasteiger partial charge in [0.2, 0.25) is 0 Å². The number of hydrogen-bond acceptors (Lipinski definition) is 8. The predicted molar refractivity (Wildman–Crippen MR) is 291 cm³/mol. The van der Waals surface area contributed by atoms with Crippen molar-refractivity contribution in [1.82, 2.24) is 0 Å². The number of phosphoric ester groups is 1. The van der Waals surface area contributed by atoms with Gasteiger partial charge in [-0.05, 0) is 70.6 Å². The SMILES string of the molecule is CCCCCCC/C=C\C/C=C\CCCCCCCCCCCCCCCCCC(=O)OC(COC(=O)CCCCCCCCC/C=C\CCCCCCCCC)COP(=O)([O-])OCC[N+](C)(C)C. The van der Waals surface area contributed by atoms with Gasteiger partial charge in [0.05, 0.1) is 27.7 Å². The van der Waals surface area contributed by atoms with Crippen LogP contribution >= 0.6 is 7.82 Å². The Hall–Kier alpha value is -1.77. The van der Waals surface area contributed by atoms with E-state index in [4.69, 9.17) is 18.5 Å². The zero-order valence-corrected chi connectivity index (χ0v) is 46.9. The topological polar surface area (TPSA) is 111 Å². The van der Waals surface area contributed by atoms with Crippen LogP contribution in [-0.2, 0) is 32.7 Å². The fourth-order valence-electron chi connectivity index (χ4n) is 8.33. The van der Waals surface area contributed by atoms with Crippen LogP contribution in [0.4, 0.5) is 0 Å². The van der Waals surface area contributed by atoms with Crippen LogP contribution in [0.25, 0.3) is 0 Å². The summed E-state index contributed by atoms with van der Waals surface area (Å²) in [5, 5.41) is 0. The summed E-state index contributed by atoms with van der Waals surface area (Å²) in [6.45, 7) is 4.26. The molecule has 0 aliphatic rings. The maximum absolute atomic E-state index is 12.8. The maximum atomic E-state index is 12.8. The van der Waals surface area contributed by atoms with Gasteiger partial charge in [0.25, 0.3) is 7.82 Å². The van der Waals surface area contributed by atoms with Crippen molar-refractivity contribution >= 4 is 19.8 Å². The van der Waals surface area contributed by atoms with Crippen LogP contribution in [-0.4, -0.2) is 70.0 Å². The molecule has 0 aromatic carbocycles. The van der Waals surface area contributed by atoms with E-state index in [1.807, 2.05) is 21.1 Å². The van der Waals surface area contributed by atoms with Crippen molar-refractivity contribution < 1.29 is 42.1 Å². The molecule has 0 bridgehead atoms. The van der Waals surface area contributed by atoms with Crippen LogP contribution in [0.1, 0.15) is 277 Å². The molecule has 69 heavy (non-hydrogen) atoms. The average Bonchev–Trinajstić information content (AvgIpc) is 3.31. The molecule has 0 fully saturated rings. The summed E-state index contributed by atoms with van der Waals surface area (Å²) in [5.74, 6) is -0.827. The van der Waals surface area contributed by atoms with Crippen molar-refractivity contribution in [2.75, 3.05) is 47.5 Å². The lowest BCUT2D eigenvalue weighted by molar-refractivity contribution is -0.870. The Balaban J connectivity index is 4.12. The van der Waals surface area contributed by atoms with Gasteiger partial charge in [-0.15, -0.1) is 0 Å². The number of unbranched alkanes of at least 4 members (excludes halogenated alkanes) is 34. The predicted octanol–water partition coefficient (Wildman–Crippen LogP) is 17.4. The second-order valence-corrected chi connectivity index (χ2v) is 22.4. The minimum Gasteiger partial charge on any atom is -0.756 e. The second kappa shape index (κ2) is 51.1. The van der Waals surface area contributed by atoms with E-state index < -0.39 is 26.5 Å². The molecule has 0 saturated carbocycles. The van der Waals surface area contributed by atoms with Gasteiger partial charge in [0.1, 0.15) is 19.8 Å². The Bertz CT molecular complexity index is 1260. The summed E-state index contributed by atoms with van der Waals surface area (Å²) in [6.07, 6.45) is 61.9. The molecule has 0 N–H and O–H groups in total. The van der Waals surface area contributed by atoms with Crippen LogP contribution in [0, 0.1) is 0 Å². The van der Waals surface area contributed by atoms with E-state index in [0.717, 1.165) is 57.8 Å². The summed E-state index contributed by atoms with van der Waals surface area (Å²) >= 11 is 0. The van der Waals surface area contributed by atoms with Gasteiger partial charge in [-0.3, -0.25) is 14.2 Å². The molecule has 2 unspecified atom stereocenters. The van der Waals surface area contributed by atoms with Crippen molar-refractivity contribution in [2.24, 2.45) is 0 Å². The largest absolute Gasteiger partial charge is 0.756 e. The van der Waals surface area contributed by atoms with Gasteiger partial charge >= 0.3 is 11.9 Å². The lowest BCUT2D eigenvalue weighted by atomic mass is 10.0. The van der Waals surface area contributed by atoms with E-state index in [9.17, 15) is 19.0 Å². The molecular weight excluding hydrogens is 882 g/mol. The quantitative estimate of drug-likeness (QED) is 0.0195. The van der Waals surface area contributed by atoms with E-state index in [0.29, 0.717) is 17.4 Å². The zero-order valence-electron chi connectivity index (χ0n) is 46.0. The highest BCUT2D eigenvalue weighted by atomic mass is 31.2. The zero-order chi connectivity index (χ0) is 50.6. The van der Waals surface area contributed by atoms with Gasteiger partial charge < -0.3 is 27.9 Å². The molecule has 9 nitrogen and oxygen atoms in total. The number of phosphoric acid groups is 1. The first kappa shape index (κ1) is 67.2. The summed E-state index contributed by atoms with van der Waals surface area (Å²) in [5.41, 5.74) is 0. The highest BCUT2D eigenvalue weighted by Crippen LogP contribution is 2.38. The van der Waals surface area contributed by atoms with E-state index >= 15 is 0 Å². The highest BCUT2D eigenvalue weighted by molar-refractivity contribution is 7.45. The molecule has 406 valence electrons. The maximum Gasteiger partial charge on any atom is 0.306 e. The first-order valence-corrected chi connectivity index (χ1v) is 30.7. The third kappa shape index (κ3) is 55.4. The first-order chi connectivity index (χ1) is 33.5. The molecule has 10 heteroatoms. The number of quaternary nitrogens is 1. The van der Waals surface area contributed by atoms with Crippen molar-refractivity contribution in [3.63, 3.8) is 0 Å². The molecule has 0 spiro atoms. The number of esters is 2. The van der Waals surface area contributed by atoms with Crippen LogP contribution in [0.5, 0.6) is 0 Å². The summed E-state index contributed by atoms with van der Waals surface area (Å²) in [6, 6.07) is 0. The molecule has 0 amide bonds. The van der Waals surface area contributed by atoms with Gasteiger partial charge in [-0.25, -0.2) is 0 Å². The number of rotatable bonds is 54. The number of allylic oxidation sites excluding steroid dienone is 6. The van der Waals surface area contributed by atoms with E-state index in [1.54, 1.807) is 0 Å². The fraction of sp³-hybridized carbons (Fsp3) is 0.864. The fourth-order valence-corrected chi connectivity index (χ4v) is 9.06. The number of ether oxygens (including phenoxy) is 2. The second-order valence-electron chi connectivity index (χ2n) is 21.0. The Kier molecular flexibility index (Phi) is 49.8. The average molecular weight is 995 g/mol. The van der Waals surface area contributed by atoms with Crippen LogP contribution in [0.3, 0.4) is 0 Å². The third-order valence-electron chi connectivity index (χ3n) is 12.9. The summed E-state index contributed by atoms with van der Waals surface area (Å²) < 4.78 is 34.2. The Morgan fingerprint density at radius 2 is 0.783 bits per heavy atom.